The highest BCUT2D eigenvalue weighted by Gasteiger charge is 2.64. The summed E-state index contributed by atoms with van der Waals surface area (Å²) in [5.74, 6) is -0.145. The van der Waals surface area contributed by atoms with Gasteiger partial charge in [0.1, 0.15) is 5.52 Å². The number of nitrogen functional groups attached to an aromatic ring is 1. The van der Waals surface area contributed by atoms with Crippen LogP contribution in [0.3, 0.4) is 0 Å². The highest BCUT2D eigenvalue weighted by atomic mass is 31.2. The van der Waals surface area contributed by atoms with E-state index in [1.807, 2.05) is 0 Å². The number of fused-ring (bicyclic) bond motifs is 1. The third kappa shape index (κ3) is 5.02. The van der Waals surface area contributed by atoms with Crippen LogP contribution in [0.15, 0.2) is 12.5 Å². The van der Waals surface area contributed by atoms with E-state index in [1.54, 1.807) is 0 Å². The quantitative estimate of drug-likeness (QED) is 0.421. The molecule has 9 nitrogen and oxygen atoms in total. The van der Waals surface area contributed by atoms with Crippen molar-refractivity contribution in [1.82, 2.24) is 19.5 Å². The molecular formula is C14H16F6N5O4P. The molecule has 0 saturated heterocycles. The number of nitrogens with two attached hydrogens (primary N) is 1. The van der Waals surface area contributed by atoms with Gasteiger partial charge >= 0.3 is 19.9 Å². The SMILES string of the molecule is Nc1ncc2ncn(CC3(OC(CC(F)(F)F)(CC(F)(F)F)P(=O)(O)O)CC3)c2n1. The minimum absolute atomic E-state index is 0.0231. The average Bonchev–Trinajstić information content (AvgIpc) is 3.15. The van der Waals surface area contributed by atoms with Gasteiger partial charge in [-0.2, -0.15) is 31.3 Å². The fourth-order valence-corrected chi connectivity index (χ4v) is 4.24. The smallest absolute Gasteiger partial charge is 0.368 e. The van der Waals surface area contributed by atoms with Gasteiger partial charge < -0.3 is 24.8 Å². The Labute approximate surface area is 164 Å². The van der Waals surface area contributed by atoms with Gasteiger partial charge in [0.05, 0.1) is 37.5 Å². The Morgan fingerprint density at radius 3 is 2.17 bits per heavy atom. The van der Waals surface area contributed by atoms with Gasteiger partial charge in [-0.1, -0.05) is 0 Å². The van der Waals surface area contributed by atoms with E-state index in [0.717, 1.165) is 0 Å². The number of ether oxygens (including phenoxy) is 1. The molecule has 0 unspecified atom stereocenters. The Kier molecular flexibility index (Phi) is 5.33. The molecule has 2 aromatic heterocycles. The number of hydrogen-bond acceptors (Lipinski definition) is 6. The van der Waals surface area contributed by atoms with Gasteiger partial charge in [-0.3, -0.25) is 4.57 Å². The Morgan fingerprint density at radius 2 is 1.70 bits per heavy atom. The van der Waals surface area contributed by atoms with E-state index in [2.05, 4.69) is 15.0 Å². The first-order valence-corrected chi connectivity index (χ1v) is 9.97. The molecule has 16 heteroatoms. The van der Waals surface area contributed by atoms with Crippen molar-refractivity contribution in [3.05, 3.63) is 12.5 Å². The monoisotopic (exact) mass is 463 g/mol. The van der Waals surface area contributed by atoms with Gasteiger partial charge in [0, 0.05) is 0 Å². The van der Waals surface area contributed by atoms with Crippen molar-refractivity contribution in [2.75, 3.05) is 5.73 Å². The number of rotatable bonds is 7. The van der Waals surface area contributed by atoms with E-state index < -0.39 is 43.7 Å². The predicted octanol–water partition coefficient (Wildman–Crippen LogP) is 2.74. The Balaban J connectivity index is 1.98. The zero-order chi connectivity index (χ0) is 22.6. The second-order valence-electron chi connectivity index (χ2n) is 7.17. The molecule has 1 aliphatic rings. The zero-order valence-electron chi connectivity index (χ0n) is 15.0. The van der Waals surface area contributed by atoms with Crippen LogP contribution in [0.25, 0.3) is 11.2 Å². The highest BCUT2D eigenvalue weighted by Crippen LogP contribution is 2.63. The van der Waals surface area contributed by atoms with Crippen LogP contribution >= 0.6 is 7.60 Å². The van der Waals surface area contributed by atoms with Crippen LogP contribution in [-0.4, -0.2) is 52.6 Å². The Bertz CT molecular complexity index is 967. The number of aromatic nitrogens is 4. The van der Waals surface area contributed by atoms with E-state index in [-0.39, 0.29) is 36.5 Å². The molecule has 0 radical (unpaired) electrons. The molecule has 1 saturated carbocycles. The minimum Gasteiger partial charge on any atom is -0.368 e. The van der Waals surface area contributed by atoms with Crippen molar-refractivity contribution in [3.63, 3.8) is 0 Å². The first-order valence-electron chi connectivity index (χ1n) is 8.36. The standard InChI is InChI=1S/C14H16F6N5O4P/c15-13(16,17)4-12(30(26,27)28,5-14(18,19)20)29-11(1-2-11)6-25-7-23-8-3-22-10(21)24-9(8)25/h3,7H,1-2,4-6H2,(H2,21,22,24)(H2,26,27,28). The summed E-state index contributed by atoms with van der Waals surface area (Å²) in [6.07, 6.45) is -13.2. The highest BCUT2D eigenvalue weighted by molar-refractivity contribution is 7.53. The van der Waals surface area contributed by atoms with Crippen LogP contribution in [0.1, 0.15) is 25.7 Å². The van der Waals surface area contributed by atoms with Gasteiger partial charge in [-0.05, 0) is 12.8 Å². The van der Waals surface area contributed by atoms with Crippen LogP contribution in [0.2, 0.25) is 0 Å². The van der Waals surface area contributed by atoms with Crippen molar-refractivity contribution in [2.45, 2.75) is 55.5 Å². The summed E-state index contributed by atoms with van der Waals surface area (Å²) in [7, 11) is -6.03. The number of alkyl halides is 6. The summed E-state index contributed by atoms with van der Waals surface area (Å²) in [5.41, 5.74) is 4.21. The molecular weight excluding hydrogens is 447 g/mol. The fourth-order valence-electron chi connectivity index (χ4n) is 3.16. The van der Waals surface area contributed by atoms with Crippen LogP contribution in [0.4, 0.5) is 32.3 Å². The molecule has 1 aliphatic carbocycles. The first-order chi connectivity index (χ1) is 13.5. The van der Waals surface area contributed by atoms with E-state index in [4.69, 9.17) is 10.5 Å². The maximum atomic E-state index is 13.0. The van der Waals surface area contributed by atoms with Gasteiger partial charge in [0.2, 0.25) is 5.95 Å². The first kappa shape index (κ1) is 22.7. The minimum atomic E-state index is -6.03. The lowest BCUT2D eigenvalue weighted by molar-refractivity contribution is -0.225. The van der Waals surface area contributed by atoms with Gasteiger partial charge in [0.15, 0.2) is 11.0 Å². The molecule has 3 rings (SSSR count). The predicted molar refractivity (Wildman–Crippen MR) is 88.9 cm³/mol. The lowest BCUT2D eigenvalue weighted by Gasteiger charge is -2.38. The van der Waals surface area contributed by atoms with Crippen molar-refractivity contribution in [2.24, 2.45) is 0 Å². The molecule has 2 aromatic rings. The fraction of sp³-hybridized carbons (Fsp3) is 0.643. The molecule has 1 fully saturated rings. The molecule has 2 heterocycles. The van der Waals surface area contributed by atoms with E-state index in [0.29, 0.717) is 0 Å². The van der Waals surface area contributed by atoms with E-state index in [9.17, 15) is 40.7 Å². The molecule has 0 bridgehead atoms. The second-order valence-corrected chi connectivity index (χ2v) is 9.07. The molecule has 0 atom stereocenters. The summed E-state index contributed by atoms with van der Waals surface area (Å²) < 4.78 is 96.5. The van der Waals surface area contributed by atoms with Crippen LogP contribution in [0.5, 0.6) is 0 Å². The van der Waals surface area contributed by atoms with Crippen LogP contribution in [-0.2, 0) is 15.8 Å². The van der Waals surface area contributed by atoms with Crippen molar-refractivity contribution in [1.29, 1.82) is 0 Å². The average molecular weight is 463 g/mol. The molecule has 0 aromatic carbocycles. The number of halogens is 6. The molecule has 0 spiro atoms. The van der Waals surface area contributed by atoms with Gasteiger partial charge in [0.25, 0.3) is 0 Å². The summed E-state index contributed by atoms with van der Waals surface area (Å²) in [4.78, 5) is 30.6. The number of imidazole rings is 1. The Morgan fingerprint density at radius 1 is 1.13 bits per heavy atom. The van der Waals surface area contributed by atoms with Gasteiger partial charge in [-0.15, -0.1) is 0 Å². The molecule has 30 heavy (non-hydrogen) atoms. The molecule has 4 N–H and O–H groups in total. The maximum absolute atomic E-state index is 13.0. The third-order valence-electron chi connectivity index (χ3n) is 4.53. The third-order valence-corrected chi connectivity index (χ3v) is 6.00. The lowest BCUT2D eigenvalue weighted by Crippen LogP contribution is -2.46. The van der Waals surface area contributed by atoms with Crippen molar-refractivity contribution < 1.29 is 45.4 Å². The van der Waals surface area contributed by atoms with E-state index >= 15 is 0 Å². The van der Waals surface area contributed by atoms with Crippen molar-refractivity contribution in [3.8, 4) is 0 Å². The van der Waals surface area contributed by atoms with Crippen LogP contribution in [0, 0.1) is 0 Å². The normalized spacial score (nSPS) is 17.5. The summed E-state index contributed by atoms with van der Waals surface area (Å²) in [5, 5.41) is -3.82. The Hall–Kier alpha value is -1.96. The second kappa shape index (κ2) is 7.04. The molecule has 168 valence electrons. The zero-order valence-corrected chi connectivity index (χ0v) is 15.9. The maximum Gasteiger partial charge on any atom is 0.392 e. The number of anilines is 1. The summed E-state index contributed by atoms with van der Waals surface area (Å²) >= 11 is 0. The summed E-state index contributed by atoms with van der Waals surface area (Å²) in [6, 6.07) is 0. The summed E-state index contributed by atoms with van der Waals surface area (Å²) in [6.45, 7) is -0.336. The van der Waals surface area contributed by atoms with Crippen molar-refractivity contribution >= 4 is 24.7 Å². The van der Waals surface area contributed by atoms with E-state index in [1.165, 1.54) is 17.1 Å². The topological polar surface area (TPSA) is 136 Å². The molecule has 0 aliphatic heterocycles. The largest absolute Gasteiger partial charge is 0.392 e. The molecule has 0 amide bonds. The lowest BCUT2D eigenvalue weighted by atomic mass is 10.1. The van der Waals surface area contributed by atoms with Crippen LogP contribution < -0.4 is 5.73 Å². The number of hydrogen-bond donors (Lipinski definition) is 3. The number of nitrogens with zero attached hydrogens (tertiary/aromatic N) is 4. The van der Waals surface area contributed by atoms with Gasteiger partial charge in [-0.25, -0.2) is 9.97 Å².